The molecule has 0 saturated carbocycles. The third-order valence-electron chi connectivity index (χ3n) is 2.43. The molecule has 0 aliphatic rings. The second-order valence-electron chi connectivity index (χ2n) is 3.44. The van der Waals surface area contributed by atoms with Crippen molar-refractivity contribution >= 4 is 5.65 Å². The van der Waals surface area contributed by atoms with Crippen molar-refractivity contribution in [2.24, 2.45) is 0 Å². The number of rotatable bonds is 1. The molecule has 0 N–H and O–H groups in total. The molecule has 1 aromatic carbocycles. The van der Waals surface area contributed by atoms with Crippen LogP contribution in [0.3, 0.4) is 0 Å². The van der Waals surface area contributed by atoms with Crippen LogP contribution < -0.4 is 0 Å². The summed E-state index contributed by atoms with van der Waals surface area (Å²) in [6.07, 6.45) is 7.09. The molecule has 0 saturated heterocycles. The van der Waals surface area contributed by atoms with Crippen molar-refractivity contribution in [3.63, 3.8) is 0 Å². The van der Waals surface area contributed by atoms with Gasteiger partial charge >= 0.3 is 0 Å². The Bertz CT molecular complexity index is 628. The van der Waals surface area contributed by atoms with Gasteiger partial charge in [0.2, 0.25) is 0 Å². The summed E-state index contributed by atoms with van der Waals surface area (Å²) >= 11 is 0. The number of fused-ring (bicyclic) bond motifs is 1. The molecule has 2 heterocycles. The first kappa shape index (κ1) is 9.03. The Kier molecular flexibility index (Phi) is 1.93. The number of nitrogens with zero attached hydrogens (tertiary/aromatic N) is 3. The number of hydrogen-bond donors (Lipinski definition) is 0. The molecule has 3 rings (SSSR count). The maximum absolute atomic E-state index is 12.8. The standard InChI is InChI=1S/C12H8FN3/c13-10-3-1-9(2-4-10)11-12-15-6-8-16(12)7-5-14-11/h1-8H. The highest BCUT2D eigenvalue weighted by atomic mass is 19.1. The van der Waals surface area contributed by atoms with E-state index in [1.807, 2.05) is 16.8 Å². The van der Waals surface area contributed by atoms with Gasteiger partial charge in [0.25, 0.3) is 0 Å². The summed E-state index contributed by atoms with van der Waals surface area (Å²) < 4.78 is 14.7. The van der Waals surface area contributed by atoms with Gasteiger partial charge in [0, 0.05) is 30.4 Å². The number of halogens is 1. The quantitative estimate of drug-likeness (QED) is 0.621. The van der Waals surface area contributed by atoms with Crippen LogP contribution in [0.15, 0.2) is 49.1 Å². The molecular formula is C12H8FN3. The molecule has 0 aliphatic heterocycles. The lowest BCUT2D eigenvalue weighted by atomic mass is 10.1. The van der Waals surface area contributed by atoms with Crippen LogP contribution in [0.25, 0.3) is 16.9 Å². The van der Waals surface area contributed by atoms with Gasteiger partial charge in [-0.3, -0.25) is 4.98 Å². The summed E-state index contributed by atoms with van der Waals surface area (Å²) in [5.41, 5.74) is 2.39. The second kappa shape index (κ2) is 3.41. The number of aromatic nitrogens is 3. The fraction of sp³-hybridized carbons (Fsp3) is 0. The topological polar surface area (TPSA) is 30.2 Å². The van der Waals surface area contributed by atoms with E-state index in [4.69, 9.17) is 0 Å². The Hall–Kier alpha value is -2.23. The molecule has 0 aliphatic carbocycles. The highest BCUT2D eigenvalue weighted by Gasteiger charge is 2.06. The normalized spacial score (nSPS) is 10.8. The van der Waals surface area contributed by atoms with Crippen molar-refractivity contribution in [1.29, 1.82) is 0 Å². The van der Waals surface area contributed by atoms with Crippen molar-refractivity contribution in [3.05, 3.63) is 54.9 Å². The van der Waals surface area contributed by atoms with E-state index in [0.717, 1.165) is 16.9 Å². The van der Waals surface area contributed by atoms with Crippen LogP contribution in [0.1, 0.15) is 0 Å². The first-order valence-corrected chi connectivity index (χ1v) is 4.88. The Labute approximate surface area is 91.2 Å². The highest BCUT2D eigenvalue weighted by molar-refractivity contribution is 5.73. The summed E-state index contributed by atoms with van der Waals surface area (Å²) in [5.74, 6) is -0.251. The molecule has 3 nitrogen and oxygen atoms in total. The smallest absolute Gasteiger partial charge is 0.163 e. The lowest BCUT2D eigenvalue weighted by molar-refractivity contribution is 0.628. The van der Waals surface area contributed by atoms with Gasteiger partial charge in [-0.2, -0.15) is 0 Å². The van der Waals surface area contributed by atoms with Gasteiger partial charge < -0.3 is 4.40 Å². The third-order valence-corrected chi connectivity index (χ3v) is 2.43. The molecule has 4 heteroatoms. The SMILES string of the molecule is Fc1ccc(-c2nccn3ccnc23)cc1. The summed E-state index contributed by atoms with van der Waals surface area (Å²) in [4.78, 5) is 8.50. The molecule has 0 amide bonds. The van der Waals surface area contributed by atoms with Crippen LogP contribution in [-0.2, 0) is 0 Å². The number of benzene rings is 1. The van der Waals surface area contributed by atoms with Crippen molar-refractivity contribution in [2.75, 3.05) is 0 Å². The summed E-state index contributed by atoms with van der Waals surface area (Å²) in [7, 11) is 0. The van der Waals surface area contributed by atoms with E-state index >= 15 is 0 Å². The third kappa shape index (κ3) is 1.35. The molecule has 0 spiro atoms. The van der Waals surface area contributed by atoms with Crippen molar-refractivity contribution < 1.29 is 4.39 Å². The zero-order valence-electron chi connectivity index (χ0n) is 8.34. The molecule has 0 atom stereocenters. The van der Waals surface area contributed by atoms with E-state index in [1.165, 1.54) is 12.1 Å². The van der Waals surface area contributed by atoms with E-state index in [-0.39, 0.29) is 5.82 Å². The van der Waals surface area contributed by atoms with Crippen LogP contribution in [0, 0.1) is 5.82 Å². The molecule has 78 valence electrons. The molecule has 0 fully saturated rings. The Balaban J connectivity index is 2.25. The zero-order chi connectivity index (χ0) is 11.0. The summed E-state index contributed by atoms with van der Waals surface area (Å²) in [6, 6.07) is 6.24. The van der Waals surface area contributed by atoms with Crippen LogP contribution >= 0.6 is 0 Å². The fourth-order valence-electron chi connectivity index (χ4n) is 1.67. The number of hydrogen-bond acceptors (Lipinski definition) is 2. The molecule has 0 unspecified atom stereocenters. The Morgan fingerprint density at radius 1 is 0.938 bits per heavy atom. The lowest BCUT2D eigenvalue weighted by Crippen LogP contribution is -1.91. The molecular weight excluding hydrogens is 205 g/mol. The number of imidazole rings is 1. The van der Waals surface area contributed by atoms with E-state index in [2.05, 4.69) is 9.97 Å². The average Bonchev–Trinajstić information content (AvgIpc) is 2.78. The first-order chi connectivity index (χ1) is 7.84. The van der Waals surface area contributed by atoms with Crippen molar-refractivity contribution in [3.8, 4) is 11.3 Å². The molecule has 0 radical (unpaired) electrons. The van der Waals surface area contributed by atoms with E-state index < -0.39 is 0 Å². The average molecular weight is 213 g/mol. The van der Waals surface area contributed by atoms with Crippen LogP contribution in [0.4, 0.5) is 4.39 Å². The van der Waals surface area contributed by atoms with Gasteiger partial charge in [0.1, 0.15) is 11.5 Å². The Morgan fingerprint density at radius 2 is 1.62 bits per heavy atom. The molecule has 16 heavy (non-hydrogen) atoms. The molecule has 0 bridgehead atoms. The van der Waals surface area contributed by atoms with Gasteiger partial charge in [0.05, 0.1) is 0 Å². The van der Waals surface area contributed by atoms with Gasteiger partial charge in [-0.05, 0) is 24.3 Å². The largest absolute Gasteiger partial charge is 0.304 e. The highest BCUT2D eigenvalue weighted by Crippen LogP contribution is 2.20. The minimum absolute atomic E-state index is 0.251. The minimum atomic E-state index is -0.251. The minimum Gasteiger partial charge on any atom is -0.304 e. The maximum Gasteiger partial charge on any atom is 0.163 e. The van der Waals surface area contributed by atoms with Crippen molar-refractivity contribution in [1.82, 2.24) is 14.4 Å². The zero-order valence-corrected chi connectivity index (χ0v) is 8.34. The van der Waals surface area contributed by atoms with E-state index in [0.29, 0.717) is 0 Å². The second-order valence-corrected chi connectivity index (χ2v) is 3.44. The van der Waals surface area contributed by atoms with E-state index in [1.54, 1.807) is 24.5 Å². The van der Waals surface area contributed by atoms with Crippen molar-refractivity contribution in [2.45, 2.75) is 0 Å². The predicted octanol–water partition coefficient (Wildman–Crippen LogP) is 2.54. The predicted molar refractivity (Wildman–Crippen MR) is 58.4 cm³/mol. The summed E-state index contributed by atoms with van der Waals surface area (Å²) in [6.45, 7) is 0. The first-order valence-electron chi connectivity index (χ1n) is 4.88. The maximum atomic E-state index is 12.8. The van der Waals surface area contributed by atoms with Gasteiger partial charge in [-0.25, -0.2) is 9.37 Å². The van der Waals surface area contributed by atoms with Crippen LogP contribution in [0.5, 0.6) is 0 Å². The van der Waals surface area contributed by atoms with Gasteiger partial charge in [-0.1, -0.05) is 0 Å². The van der Waals surface area contributed by atoms with Crippen LogP contribution in [0.2, 0.25) is 0 Å². The lowest BCUT2D eigenvalue weighted by Gasteiger charge is -2.02. The van der Waals surface area contributed by atoms with Crippen LogP contribution in [-0.4, -0.2) is 14.4 Å². The summed E-state index contributed by atoms with van der Waals surface area (Å²) in [5, 5.41) is 0. The monoisotopic (exact) mass is 213 g/mol. The molecule has 3 aromatic rings. The fourth-order valence-corrected chi connectivity index (χ4v) is 1.67. The Morgan fingerprint density at radius 3 is 2.38 bits per heavy atom. The van der Waals surface area contributed by atoms with E-state index in [9.17, 15) is 4.39 Å². The van der Waals surface area contributed by atoms with Gasteiger partial charge in [-0.15, -0.1) is 0 Å². The molecule has 2 aromatic heterocycles. The van der Waals surface area contributed by atoms with Gasteiger partial charge in [0.15, 0.2) is 5.65 Å².